The molecule has 0 aliphatic carbocycles. The molecule has 0 unspecified atom stereocenters. The Morgan fingerprint density at radius 2 is 2.41 bits per heavy atom. The lowest BCUT2D eigenvalue weighted by Crippen LogP contribution is -2.37. The molecule has 1 heterocycles. The van der Waals surface area contributed by atoms with Crippen LogP contribution >= 0.6 is 0 Å². The van der Waals surface area contributed by atoms with Crippen molar-refractivity contribution in [3.8, 4) is 0 Å². The number of hydrogen-bond donors (Lipinski definition) is 1. The van der Waals surface area contributed by atoms with Crippen molar-refractivity contribution in [2.75, 3.05) is 24.5 Å². The predicted octanol–water partition coefficient (Wildman–Crippen LogP) is 1.49. The van der Waals surface area contributed by atoms with Gasteiger partial charge >= 0.3 is 0 Å². The monoisotopic (exact) mass is 234 g/mol. The number of benzene rings is 1. The molecular weight excluding hydrogens is 219 g/mol. The summed E-state index contributed by atoms with van der Waals surface area (Å²) in [6.07, 6.45) is 2.49. The van der Waals surface area contributed by atoms with Crippen LogP contribution in [-0.2, 0) is 11.2 Å². The van der Waals surface area contributed by atoms with Crippen LogP contribution in [0.1, 0.15) is 5.56 Å². The van der Waals surface area contributed by atoms with E-state index in [9.17, 15) is 9.18 Å². The van der Waals surface area contributed by atoms with E-state index in [0.29, 0.717) is 18.8 Å². The number of anilines is 1. The summed E-state index contributed by atoms with van der Waals surface area (Å²) in [5.41, 5.74) is 1.74. The van der Waals surface area contributed by atoms with E-state index < -0.39 is 0 Å². The molecule has 0 spiro atoms. The quantitative estimate of drug-likeness (QED) is 0.632. The minimum absolute atomic E-state index is 0.0313. The Kier molecular flexibility index (Phi) is 3.54. The van der Waals surface area contributed by atoms with E-state index >= 15 is 0 Å². The lowest BCUT2D eigenvalue weighted by Gasteiger charge is -2.17. The van der Waals surface area contributed by atoms with Gasteiger partial charge in [-0.3, -0.25) is 4.79 Å². The highest BCUT2D eigenvalue weighted by Gasteiger charge is 2.24. The van der Waals surface area contributed by atoms with E-state index in [1.54, 1.807) is 17.0 Å². The summed E-state index contributed by atoms with van der Waals surface area (Å²) in [4.78, 5) is 13.5. The summed E-state index contributed by atoms with van der Waals surface area (Å²) in [5, 5.41) is 2.95. The molecule has 1 amide bonds. The number of nitrogens with zero attached hydrogens (tertiary/aromatic N) is 1. The molecular formula is C13H15FN2O. The average Bonchev–Trinajstić information content (AvgIpc) is 2.72. The maximum Gasteiger partial charge on any atom is 0.240 e. The topological polar surface area (TPSA) is 32.3 Å². The predicted molar refractivity (Wildman–Crippen MR) is 65.5 cm³/mol. The Morgan fingerprint density at radius 1 is 1.59 bits per heavy atom. The molecule has 0 saturated heterocycles. The van der Waals surface area contributed by atoms with Gasteiger partial charge in [0.05, 0.1) is 6.54 Å². The first-order chi connectivity index (χ1) is 8.22. The maximum atomic E-state index is 13.1. The molecule has 17 heavy (non-hydrogen) atoms. The van der Waals surface area contributed by atoms with E-state index in [2.05, 4.69) is 11.9 Å². The Morgan fingerprint density at radius 3 is 3.18 bits per heavy atom. The van der Waals surface area contributed by atoms with E-state index in [-0.39, 0.29) is 18.3 Å². The van der Waals surface area contributed by atoms with Gasteiger partial charge in [-0.05, 0) is 24.1 Å². The molecule has 0 saturated carbocycles. The van der Waals surface area contributed by atoms with E-state index in [1.165, 1.54) is 12.1 Å². The molecule has 1 aliphatic rings. The van der Waals surface area contributed by atoms with Gasteiger partial charge < -0.3 is 10.2 Å². The summed E-state index contributed by atoms with van der Waals surface area (Å²) < 4.78 is 13.1. The average molecular weight is 234 g/mol. The van der Waals surface area contributed by atoms with Crippen LogP contribution in [0.25, 0.3) is 0 Å². The summed E-state index contributed by atoms with van der Waals surface area (Å²) in [5.74, 6) is -0.335. The van der Waals surface area contributed by atoms with Crippen LogP contribution in [0.15, 0.2) is 30.9 Å². The van der Waals surface area contributed by atoms with Gasteiger partial charge in [0.1, 0.15) is 5.82 Å². The molecule has 90 valence electrons. The van der Waals surface area contributed by atoms with Crippen LogP contribution in [0, 0.1) is 5.82 Å². The molecule has 0 bridgehead atoms. The standard InChI is InChI=1S/C13H15FN2O/c1-2-6-15-9-13(17)16-7-5-10-3-4-11(14)8-12(10)16/h2-4,8,15H,1,5-7,9H2. The maximum absolute atomic E-state index is 13.1. The van der Waals surface area contributed by atoms with Crippen LogP contribution in [0.3, 0.4) is 0 Å². The minimum Gasteiger partial charge on any atom is -0.311 e. The van der Waals surface area contributed by atoms with Crippen molar-refractivity contribution in [2.45, 2.75) is 6.42 Å². The second-order valence-electron chi connectivity index (χ2n) is 3.99. The number of nitrogens with one attached hydrogen (secondary N) is 1. The molecule has 0 fully saturated rings. The van der Waals surface area contributed by atoms with Crippen molar-refractivity contribution < 1.29 is 9.18 Å². The Labute approximate surface area is 99.9 Å². The van der Waals surface area contributed by atoms with Gasteiger partial charge in [-0.1, -0.05) is 12.1 Å². The normalized spacial score (nSPS) is 13.6. The van der Waals surface area contributed by atoms with E-state index in [1.807, 2.05) is 0 Å². The Hall–Kier alpha value is -1.68. The van der Waals surface area contributed by atoms with Crippen molar-refractivity contribution in [3.05, 3.63) is 42.2 Å². The van der Waals surface area contributed by atoms with Crippen molar-refractivity contribution in [2.24, 2.45) is 0 Å². The van der Waals surface area contributed by atoms with Gasteiger partial charge in [-0.15, -0.1) is 6.58 Å². The second kappa shape index (κ2) is 5.10. The van der Waals surface area contributed by atoms with Crippen LogP contribution in [-0.4, -0.2) is 25.5 Å². The van der Waals surface area contributed by atoms with Crippen molar-refractivity contribution in [1.82, 2.24) is 5.32 Å². The number of amides is 1. The molecule has 1 aliphatic heterocycles. The van der Waals surface area contributed by atoms with Gasteiger partial charge in [0, 0.05) is 18.8 Å². The fourth-order valence-electron chi connectivity index (χ4n) is 1.99. The molecule has 2 rings (SSSR count). The number of halogens is 1. The zero-order valence-electron chi connectivity index (χ0n) is 9.58. The van der Waals surface area contributed by atoms with Gasteiger partial charge in [0.2, 0.25) is 5.91 Å². The largest absolute Gasteiger partial charge is 0.311 e. The first-order valence-corrected chi connectivity index (χ1v) is 5.63. The summed E-state index contributed by atoms with van der Waals surface area (Å²) in [6.45, 7) is 5.04. The smallest absolute Gasteiger partial charge is 0.240 e. The molecule has 1 aromatic carbocycles. The van der Waals surface area contributed by atoms with Crippen LogP contribution in [0.4, 0.5) is 10.1 Å². The molecule has 0 radical (unpaired) electrons. The van der Waals surface area contributed by atoms with Crippen LogP contribution in [0.2, 0.25) is 0 Å². The first-order valence-electron chi connectivity index (χ1n) is 5.63. The molecule has 0 atom stereocenters. The fourth-order valence-corrected chi connectivity index (χ4v) is 1.99. The van der Waals surface area contributed by atoms with Crippen molar-refractivity contribution in [3.63, 3.8) is 0 Å². The molecule has 4 heteroatoms. The van der Waals surface area contributed by atoms with Crippen molar-refractivity contribution in [1.29, 1.82) is 0 Å². The minimum atomic E-state index is -0.303. The zero-order valence-corrected chi connectivity index (χ0v) is 9.58. The lowest BCUT2D eigenvalue weighted by atomic mass is 10.2. The van der Waals surface area contributed by atoms with Gasteiger partial charge in [-0.2, -0.15) is 0 Å². The highest BCUT2D eigenvalue weighted by molar-refractivity contribution is 5.96. The van der Waals surface area contributed by atoms with E-state index in [0.717, 1.165) is 12.0 Å². The number of rotatable bonds is 4. The Balaban J connectivity index is 2.07. The molecule has 1 aromatic rings. The van der Waals surface area contributed by atoms with Crippen LogP contribution in [0.5, 0.6) is 0 Å². The third kappa shape index (κ3) is 2.53. The first kappa shape index (κ1) is 11.8. The summed E-state index contributed by atoms with van der Waals surface area (Å²) in [7, 11) is 0. The Bertz CT molecular complexity index is 445. The molecule has 0 aromatic heterocycles. The SMILES string of the molecule is C=CCNCC(=O)N1CCc2ccc(F)cc21. The highest BCUT2D eigenvalue weighted by atomic mass is 19.1. The second-order valence-corrected chi connectivity index (χ2v) is 3.99. The molecule has 3 nitrogen and oxygen atoms in total. The number of carbonyl (C=O) groups is 1. The van der Waals surface area contributed by atoms with Crippen LogP contribution < -0.4 is 10.2 Å². The zero-order chi connectivity index (χ0) is 12.3. The summed E-state index contributed by atoms with van der Waals surface area (Å²) >= 11 is 0. The molecule has 1 N–H and O–H groups in total. The van der Waals surface area contributed by atoms with E-state index in [4.69, 9.17) is 0 Å². The lowest BCUT2D eigenvalue weighted by molar-refractivity contribution is -0.117. The third-order valence-electron chi connectivity index (χ3n) is 2.81. The highest BCUT2D eigenvalue weighted by Crippen LogP contribution is 2.28. The number of hydrogen-bond acceptors (Lipinski definition) is 2. The number of fused-ring (bicyclic) bond motifs is 1. The van der Waals surface area contributed by atoms with Gasteiger partial charge in [-0.25, -0.2) is 4.39 Å². The van der Waals surface area contributed by atoms with Gasteiger partial charge in [0.25, 0.3) is 0 Å². The van der Waals surface area contributed by atoms with Gasteiger partial charge in [0.15, 0.2) is 0 Å². The fraction of sp³-hybridized carbons (Fsp3) is 0.308. The third-order valence-corrected chi connectivity index (χ3v) is 2.81. The number of carbonyl (C=O) groups excluding carboxylic acids is 1. The van der Waals surface area contributed by atoms with Crippen molar-refractivity contribution >= 4 is 11.6 Å². The summed E-state index contributed by atoms with van der Waals surface area (Å²) in [6, 6.07) is 4.60.